The minimum absolute atomic E-state index is 0. The Morgan fingerprint density at radius 3 is 1.97 bits per heavy atom. The smallest absolute Gasteiger partial charge is 0 e. The van der Waals surface area contributed by atoms with Crippen molar-refractivity contribution in [1.82, 2.24) is 0 Å². The molecule has 0 N–H and O–H groups in total. The Labute approximate surface area is 228 Å². The largest absolute Gasteiger partial charge is 2.00 e. The van der Waals surface area contributed by atoms with Crippen LogP contribution >= 0.6 is 0 Å². The summed E-state index contributed by atoms with van der Waals surface area (Å²) in [4.78, 5) is 23.9. The molecule has 11 nitrogen and oxygen atoms in total. The summed E-state index contributed by atoms with van der Waals surface area (Å²) in [5.74, 6) is 0.195. The summed E-state index contributed by atoms with van der Waals surface area (Å²) in [5.41, 5.74) is 0.844. The van der Waals surface area contributed by atoms with Gasteiger partial charge in [-0.2, -0.15) is 5.56 Å². The van der Waals surface area contributed by atoms with Crippen LogP contribution in [0, 0.1) is 52.7 Å². The molecule has 0 atom stereocenters. The van der Waals surface area contributed by atoms with Crippen molar-refractivity contribution < 1.29 is 80.2 Å². The average molecular weight is 586 g/mol. The predicted octanol–water partition coefficient (Wildman–Crippen LogP) is 2.07. The summed E-state index contributed by atoms with van der Waals surface area (Å²) >= 11 is 0. The average Bonchev–Trinajstić information content (AvgIpc) is 3.07. The minimum Gasteiger partial charge on any atom is 0 e. The molecule has 2 aromatic rings. The molecule has 0 saturated carbocycles. The third kappa shape index (κ3) is 16.0. The van der Waals surface area contributed by atoms with Crippen LogP contribution in [0.2, 0.25) is 0 Å². The van der Waals surface area contributed by atoms with E-state index in [0.717, 1.165) is 12.0 Å². The third-order valence-corrected chi connectivity index (χ3v) is 3.66. The second-order valence-electron chi connectivity index (χ2n) is 5.06. The molecular weight excluding hydrogens is 570 g/mol. The van der Waals surface area contributed by atoms with Gasteiger partial charge in [0.2, 0.25) is 0 Å². The maximum Gasteiger partial charge on any atom is 2.00 e. The van der Waals surface area contributed by atoms with Crippen LogP contribution in [0.15, 0.2) is 27.4 Å². The van der Waals surface area contributed by atoms with Crippen LogP contribution < -0.4 is 5.63 Å². The Morgan fingerprint density at radius 2 is 1.47 bits per heavy atom. The van der Waals surface area contributed by atoms with E-state index in [1.54, 1.807) is 18.2 Å². The summed E-state index contributed by atoms with van der Waals surface area (Å²) in [5, 5.41) is 1.16. The first-order valence-corrected chi connectivity index (χ1v) is 8.35. The van der Waals surface area contributed by atoms with Crippen molar-refractivity contribution in [2.24, 2.45) is 0 Å². The van der Waals surface area contributed by atoms with Gasteiger partial charge in [0, 0.05) is 40.1 Å². The molecule has 36 heavy (non-hydrogen) atoms. The number of carbonyl (C=O) groups is 1. The molecule has 0 bridgehead atoms. The number of rotatable bonds is 1. The summed E-state index contributed by atoms with van der Waals surface area (Å²) in [7, 11) is 1.33. The van der Waals surface area contributed by atoms with Gasteiger partial charge in [0.1, 0.15) is 0 Å². The molecule has 1 aromatic carbocycles. The molecule has 192 valence electrons. The van der Waals surface area contributed by atoms with Crippen molar-refractivity contribution in [3.8, 4) is 0 Å². The van der Waals surface area contributed by atoms with Crippen molar-refractivity contribution >= 4 is 16.7 Å². The number of ether oxygens (including phenoxy) is 2. The summed E-state index contributed by atoms with van der Waals surface area (Å²) in [6, 6.07) is 4.85. The van der Waals surface area contributed by atoms with Gasteiger partial charge in [-0.05, 0) is 18.9 Å². The number of benzene rings is 1. The molecule has 3 rings (SSSR count). The number of hydrogen-bond donors (Lipinski definition) is 0. The molecule has 2 radical (unpaired) electrons. The fourth-order valence-electron chi connectivity index (χ4n) is 2.58. The van der Waals surface area contributed by atoms with E-state index in [1.165, 1.54) is 7.11 Å². The van der Waals surface area contributed by atoms with E-state index in [-0.39, 0.29) is 33.6 Å². The van der Waals surface area contributed by atoms with Gasteiger partial charge < -0.3 is 26.7 Å². The number of fused-ring (bicyclic) bond motifs is 3. The molecule has 0 fully saturated rings. The first-order valence-electron chi connectivity index (χ1n) is 8.35. The van der Waals surface area contributed by atoms with Gasteiger partial charge in [0.05, 0.1) is 7.11 Å². The van der Waals surface area contributed by atoms with Gasteiger partial charge in [-0.1, -0.05) is 18.7 Å². The Morgan fingerprint density at radius 1 is 0.944 bits per heavy atom. The van der Waals surface area contributed by atoms with E-state index < -0.39 is 11.6 Å². The first kappa shape index (κ1) is 46.5. The fourth-order valence-corrected chi connectivity index (χ4v) is 2.58. The van der Waals surface area contributed by atoms with Crippen molar-refractivity contribution in [3.63, 3.8) is 0 Å². The van der Waals surface area contributed by atoms with Gasteiger partial charge >= 0.3 is 96.2 Å². The number of hydrogen-bond acceptors (Lipinski definition) is 5. The zero-order valence-electron chi connectivity index (χ0n) is 18.4. The van der Waals surface area contributed by atoms with Crippen molar-refractivity contribution in [1.29, 1.82) is 0 Å². The van der Waals surface area contributed by atoms with Crippen molar-refractivity contribution in [2.45, 2.75) is 12.8 Å². The summed E-state index contributed by atoms with van der Waals surface area (Å²) < 4.78 is 60.6. The van der Waals surface area contributed by atoms with Crippen molar-refractivity contribution in [3.05, 3.63) is 98.3 Å². The molecule has 13 heteroatoms. The first-order chi connectivity index (χ1) is 16.7. The van der Waals surface area contributed by atoms with Crippen LogP contribution in [0.25, 0.3) is 10.8 Å². The maximum atomic E-state index is 12.1. The van der Waals surface area contributed by atoms with E-state index in [0.29, 0.717) is 41.7 Å². The molecule has 2 heterocycles. The molecule has 0 amide bonds. The van der Waals surface area contributed by atoms with E-state index in [1.807, 2.05) is 12.8 Å². The predicted molar refractivity (Wildman–Crippen MR) is 104 cm³/mol. The number of carbonyl (C=O) groups excluding carboxylic acids is 1. The normalized spacial score (nSPS) is 9.58. The topological polar surface area (TPSA) is 185 Å². The Bertz CT molecular complexity index is 985. The standard InChI is InChI=1S/C17H16O5.6CO.2Co/c1-20-16(18)11-6-7-13-14(10-11)12-4-2-8-21-9-3-5-15(12)22-17(13)19;6*1-2;;/h2,4,6-7,10H,3,5,8-9H2,1H3;;;;;;;;/q-2;;;;;;;;+2. The van der Waals surface area contributed by atoms with Gasteiger partial charge in [-0.15, -0.1) is 5.39 Å². The SMILES string of the molecule is COC(=O)c1ccc2c(=O)oc3c(c2c1)[CH-][CH-]COCCC3.[C-]#[O+].[C-]#[O+].[C-]#[O+].[C-]#[O+].[C-]#[O+].[C-]#[O+].[Co+2].[Co]. The molecule has 1 aliphatic rings. The number of esters is 1. The summed E-state index contributed by atoms with van der Waals surface area (Å²) in [6.07, 6.45) is 5.16. The van der Waals surface area contributed by atoms with Gasteiger partial charge in [-0.25, -0.2) is 9.59 Å². The van der Waals surface area contributed by atoms with E-state index in [9.17, 15) is 9.59 Å². The molecule has 1 aromatic heterocycles. The quantitative estimate of drug-likeness (QED) is 0.281. The molecule has 0 saturated heterocycles. The van der Waals surface area contributed by atoms with Crippen LogP contribution in [0.5, 0.6) is 0 Å². The molecule has 0 aliphatic carbocycles. The number of methoxy groups -OCH3 is 1. The van der Waals surface area contributed by atoms with Gasteiger partial charge in [0.15, 0.2) is 0 Å². The third-order valence-electron chi connectivity index (χ3n) is 3.66. The Balaban J connectivity index is -0.000000142. The Kier molecular flexibility index (Phi) is 44.4. The summed E-state index contributed by atoms with van der Waals surface area (Å²) in [6.45, 7) is 28.1. The van der Waals surface area contributed by atoms with E-state index in [2.05, 4.69) is 39.9 Å². The van der Waals surface area contributed by atoms with E-state index >= 15 is 0 Å². The van der Waals surface area contributed by atoms with Crippen LogP contribution in [-0.4, -0.2) is 26.3 Å². The van der Waals surface area contributed by atoms with Gasteiger partial charge in [-0.3, -0.25) is 0 Å². The van der Waals surface area contributed by atoms with Crippen LogP contribution in [0.3, 0.4) is 0 Å². The van der Waals surface area contributed by atoms with Crippen molar-refractivity contribution in [2.75, 3.05) is 20.3 Å². The maximum absolute atomic E-state index is 12.1. The minimum atomic E-state index is -0.431. The number of aryl methyl sites for hydroxylation is 1. The fraction of sp³-hybridized carbons (Fsp3) is 0.217. The molecule has 0 unspecified atom stereocenters. The van der Waals surface area contributed by atoms with E-state index in [4.69, 9.17) is 41.8 Å². The second-order valence-corrected chi connectivity index (χ2v) is 5.06. The van der Waals surface area contributed by atoms with Crippen LogP contribution in [-0.2, 0) is 77.4 Å². The Hall–Kier alpha value is -2.82. The second kappa shape index (κ2) is 34.4. The zero-order valence-corrected chi connectivity index (χ0v) is 20.5. The van der Waals surface area contributed by atoms with Crippen LogP contribution in [0.1, 0.15) is 28.1 Å². The zero-order chi connectivity index (χ0) is 27.5. The molecule has 0 spiro atoms. The molecular formula is C23H16Co2O11. The monoisotopic (exact) mass is 586 g/mol. The molecule has 1 aliphatic heterocycles. The van der Waals surface area contributed by atoms with Crippen LogP contribution in [0.4, 0.5) is 0 Å². The van der Waals surface area contributed by atoms with Gasteiger partial charge in [0.25, 0.3) is 0 Å².